The summed E-state index contributed by atoms with van der Waals surface area (Å²) < 4.78 is 0. The molecule has 6 rings (SSSR count). The van der Waals surface area contributed by atoms with Gasteiger partial charge in [-0.1, -0.05) is 24.3 Å². The molecular formula is C28H35N7O. The van der Waals surface area contributed by atoms with E-state index >= 15 is 0 Å². The molecular weight excluding hydrogens is 450 g/mol. The summed E-state index contributed by atoms with van der Waals surface area (Å²) in [6.45, 7) is 0. The molecule has 3 aromatic rings. The first-order chi connectivity index (χ1) is 17.6. The van der Waals surface area contributed by atoms with Crippen molar-refractivity contribution in [3.8, 4) is 0 Å². The van der Waals surface area contributed by atoms with Crippen LogP contribution in [0.1, 0.15) is 55.3 Å². The molecule has 0 spiro atoms. The Bertz CT molecular complexity index is 1190. The molecule has 3 aliphatic rings. The number of hydrogen-bond donors (Lipinski definition) is 3. The van der Waals surface area contributed by atoms with Crippen molar-refractivity contribution < 1.29 is 4.79 Å². The van der Waals surface area contributed by atoms with Crippen molar-refractivity contribution in [1.29, 1.82) is 0 Å². The number of nitrogens with one attached hydrogen (secondary N) is 3. The minimum absolute atomic E-state index is 0.0748. The number of anilines is 3. The van der Waals surface area contributed by atoms with Crippen molar-refractivity contribution in [2.24, 2.45) is 11.8 Å². The average molecular weight is 486 g/mol. The Kier molecular flexibility index (Phi) is 6.34. The summed E-state index contributed by atoms with van der Waals surface area (Å²) in [5.41, 5.74) is 3.82. The highest BCUT2D eigenvalue weighted by atomic mass is 16.1. The van der Waals surface area contributed by atoms with Gasteiger partial charge in [-0.3, -0.25) is 9.89 Å². The van der Waals surface area contributed by atoms with Crippen LogP contribution in [-0.4, -0.2) is 45.2 Å². The van der Waals surface area contributed by atoms with E-state index in [1.165, 1.54) is 29.7 Å². The monoisotopic (exact) mass is 485 g/mol. The predicted molar refractivity (Wildman–Crippen MR) is 140 cm³/mol. The van der Waals surface area contributed by atoms with Gasteiger partial charge < -0.3 is 15.5 Å². The minimum atomic E-state index is 0.0748. The summed E-state index contributed by atoms with van der Waals surface area (Å²) in [4.78, 5) is 24.4. The van der Waals surface area contributed by atoms with Gasteiger partial charge >= 0.3 is 0 Å². The van der Waals surface area contributed by atoms with Crippen molar-refractivity contribution in [1.82, 2.24) is 25.5 Å². The molecule has 2 aromatic heterocycles. The fourth-order valence-electron chi connectivity index (χ4n) is 5.72. The molecule has 0 aliphatic heterocycles. The maximum atomic E-state index is 12.9. The molecule has 3 N–H and O–H groups in total. The molecule has 3 aliphatic carbocycles. The molecule has 0 radical (unpaired) electrons. The van der Waals surface area contributed by atoms with Crippen LogP contribution in [0.4, 0.5) is 17.6 Å². The Morgan fingerprint density at radius 1 is 1.03 bits per heavy atom. The van der Waals surface area contributed by atoms with E-state index < -0.39 is 0 Å². The number of benzene rings is 1. The average Bonchev–Trinajstić information content (AvgIpc) is 3.42. The molecule has 0 saturated heterocycles. The lowest BCUT2D eigenvalue weighted by Crippen LogP contribution is -2.45. The van der Waals surface area contributed by atoms with E-state index in [9.17, 15) is 4.79 Å². The predicted octanol–water partition coefficient (Wildman–Crippen LogP) is 4.17. The van der Waals surface area contributed by atoms with Crippen LogP contribution in [-0.2, 0) is 24.1 Å². The van der Waals surface area contributed by atoms with E-state index in [0.29, 0.717) is 12.0 Å². The van der Waals surface area contributed by atoms with Crippen molar-refractivity contribution in [3.05, 3.63) is 59.4 Å². The molecule has 1 amide bonds. The number of amides is 1. The number of H-pyrrole nitrogens is 1. The zero-order valence-electron chi connectivity index (χ0n) is 20.9. The number of carbonyl (C=O) groups is 1. The normalized spacial score (nSPS) is 21.7. The molecule has 1 aromatic carbocycles. The van der Waals surface area contributed by atoms with Gasteiger partial charge in [0, 0.05) is 43.0 Å². The zero-order chi connectivity index (χ0) is 24.5. The standard InChI is InChI=1S/C28H35N7O/c1-35(28-29-13-12-25(32-28)31-26-17-23(33-34-26)14-18-6-7-18)24-10-8-22(9-11-24)30-27(36)21-15-19-4-2-3-5-20(19)16-21/h2-5,12-13,17-18,21-22,24H,6-11,14-16H2,1H3,(H,30,36)(H2,29,31,32,33,34). The van der Waals surface area contributed by atoms with Crippen LogP contribution in [0.15, 0.2) is 42.6 Å². The highest BCUT2D eigenvalue weighted by molar-refractivity contribution is 5.80. The van der Waals surface area contributed by atoms with Crippen LogP contribution in [0.5, 0.6) is 0 Å². The lowest BCUT2D eigenvalue weighted by molar-refractivity contribution is -0.125. The Morgan fingerprint density at radius 3 is 2.50 bits per heavy atom. The molecule has 8 heteroatoms. The Balaban J connectivity index is 0.997. The third-order valence-corrected chi connectivity index (χ3v) is 8.06. The summed E-state index contributed by atoms with van der Waals surface area (Å²) >= 11 is 0. The number of nitrogens with zero attached hydrogens (tertiary/aromatic N) is 4. The number of fused-ring (bicyclic) bond motifs is 1. The summed E-state index contributed by atoms with van der Waals surface area (Å²) in [5.74, 6) is 3.36. The number of hydrogen-bond acceptors (Lipinski definition) is 6. The number of rotatable bonds is 8. The van der Waals surface area contributed by atoms with Crippen LogP contribution in [0.25, 0.3) is 0 Å². The molecule has 0 unspecified atom stereocenters. The maximum Gasteiger partial charge on any atom is 0.227 e. The van der Waals surface area contributed by atoms with Gasteiger partial charge in [0.15, 0.2) is 5.82 Å². The van der Waals surface area contributed by atoms with E-state index in [0.717, 1.165) is 62.5 Å². The molecule has 2 saturated carbocycles. The molecule has 2 fully saturated rings. The van der Waals surface area contributed by atoms with Crippen LogP contribution < -0.4 is 15.5 Å². The molecule has 0 atom stereocenters. The van der Waals surface area contributed by atoms with E-state index in [1.807, 2.05) is 6.07 Å². The summed E-state index contributed by atoms with van der Waals surface area (Å²) in [6.07, 6.45) is 11.2. The van der Waals surface area contributed by atoms with E-state index in [4.69, 9.17) is 4.98 Å². The zero-order valence-corrected chi connectivity index (χ0v) is 20.9. The fourth-order valence-corrected chi connectivity index (χ4v) is 5.72. The largest absolute Gasteiger partial charge is 0.353 e. The molecule has 36 heavy (non-hydrogen) atoms. The van der Waals surface area contributed by atoms with Gasteiger partial charge in [0.1, 0.15) is 5.82 Å². The first kappa shape index (κ1) is 23.0. The Hall–Kier alpha value is -3.42. The lowest BCUT2D eigenvalue weighted by Gasteiger charge is -2.35. The third kappa shape index (κ3) is 5.22. The number of aromatic amines is 1. The van der Waals surface area contributed by atoms with Crippen LogP contribution in [0.3, 0.4) is 0 Å². The third-order valence-electron chi connectivity index (χ3n) is 8.06. The summed E-state index contributed by atoms with van der Waals surface area (Å²) in [6, 6.07) is 13.0. The SMILES string of the molecule is CN(c1nccc(Nc2cc(CC3CC3)[nH]n2)n1)C1CCC(NC(=O)C2Cc3ccccc3C2)CC1. The highest BCUT2D eigenvalue weighted by Gasteiger charge is 2.31. The van der Waals surface area contributed by atoms with Gasteiger partial charge in [-0.25, -0.2) is 4.98 Å². The van der Waals surface area contributed by atoms with Gasteiger partial charge in [0.25, 0.3) is 0 Å². The fraction of sp³-hybridized carbons (Fsp3) is 0.500. The van der Waals surface area contributed by atoms with Crippen LogP contribution in [0, 0.1) is 11.8 Å². The van der Waals surface area contributed by atoms with Crippen molar-refractivity contribution in [3.63, 3.8) is 0 Å². The second-order valence-corrected chi connectivity index (χ2v) is 10.8. The first-order valence-electron chi connectivity index (χ1n) is 13.3. The van der Waals surface area contributed by atoms with E-state index in [2.05, 4.69) is 68.1 Å². The summed E-state index contributed by atoms with van der Waals surface area (Å²) in [5, 5.41) is 14.2. The van der Waals surface area contributed by atoms with Gasteiger partial charge in [-0.2, -0.15) is 10.1 Å². The smallest absolute Gasteiger partial charge is 0.227 e. The summed E-state index contributed by atoms with van der Waals surface area (Å²) in [7, 11) is 2.07. The number of carbonyl (C=O) groups excluding carboxylic acids is 1. The Labute approximate surface area is 212 Å². The minimum Gasteiger partial charge on any atom is -0.353 e. The van der Waals surface area contributed by atoms with Crippen LogP contribution in [0.2, 0.25) is 0 Å². The second-order valence-electron chi connectivity index (χ2n) is 10.8. The first-order valence-corrected chi connectivity index (χ1v) is 13.3. The molecule has 188 valence electrons. The molecule has 2 heterocycles. The quantitative estimate of drug-likeness (QED) is 0.443. The van der Waals surface area contributed by atoms with E-state index in [-0.39, 0.29) is 17.9 Å². The van der Waals surface area contributed by atoms with Crippen LogP contribution >= 0.6 is 0 Å². The van der Waals surface area contributed by atoms with Gasteiger partial charge in [-0.05, 0) is 80.9 Å². The van der Waals surface area contributed by atoms with Crippen molar-refractivity contribution in [2.75, 3.05) is 17.3 Å². The molecule has 0 bridgehead atoms. The van der Waals surface area contributed by atoms with Gasteiger partial charge in [0.05, 0.1) is 0 Å². The number of aromatic nitrogens is 4. The van der Waals surface area contributed by atoms with Gasteiger partial charge in [0.2, 0.25) is 11.9 Å². The van der Waals surface area contributed by atoms with Gasteiger partial charge in [-0.15, -0.1) is 0 Å². The van der Waals surface area contributed by atoms with Crippen molar-refractivity contribution >= 4 is 23.5 Å². The van der Waals surface area contributed by atoms with E-state index in [1.54, 1.807) is 6.20 Å². The topological polar surface area (TPSA) is 98.8 Å². The second kappa shape index (κ2) is 9.91. The lowest BCUT2D eigenvalue weighted by atomic mass is 9.90. The highest BCUT2D eigenvalue weighted by Crippen LogP contribution is 2.33. The Morgan fingerprint density at radius 2 is 1.78 bits per heavy atom. The maximum absolute atomic E-state index is 12.9. The van der Waals surface area contributed by atoms with Crippen molar-refractivity contribution in [2.45, 2.75) is 69.9 Å². The molecule has 8 nitrogen and oxygen atoms in total.